The average molecular weight is 416 g/mol. The molecule has 0 atom stereocenters. The van der Waals surface area contributed by atoms with Crippen LogP contribution in [0.1, 0.15) is 43.8 Å². The first-order chi connectivity index (χ1) is 14.1. The maximum atomic E-state index is 13.2. The van der Waals surface area contributed by atoms with Gasteiger partial charge in [-0.25, -0.2) is 0 Å². The second-order valence-electron chi connectivity index (χ2n) is 7.12. The number of benzene rings is 2. The van der Waals surface area contributed by atoms with Crippen LogP contribution in [0.4, 0.5) is 0 Å². The number of ketones is 2. The molecule has 0 aromatic heterocycles. The van der Waals surface area contributed by atoms with Crippen molar-refractivity contribution in [2.75, 3.05) is 39.5 Å². The van der Waals surface area contributed by atoms with Crippen molar-refractivity contribution in [3.05, 3.63) is 58.1 Å². The maximum Gasteiger partial charge on any atom is 0.201 e. The molecule has 7 heteroatoms. The molecule has 152 valence electrons. The van der Waals surface area contributed by atoms with E-state index < -0.39 is 5.78 Å². The molecule has 1 fully saturated rings. The van der Waals surface area contributed by atoms with Gasteiger partial charge in [-0.2, -0.15) is 0 Å². The van der Waals surface area contributed by atoms with Crippen LogP contribution in [-0.2, 0) is 10.6 Å². The summed E-state index contributed by atoms with van der Waals surface area (Å²) in [6.07, 6.45) is 0.796. The van der Waals surface area contributed by atoms with Gasteiger partial charge in [0.25, 0.3) is 0 Å². The van der Waals surface area contributed by atoms with Gasteiger partial charge in [0.1, 0.15) is 11.5 Å². The Kier molecular flexibility index (Phi) is 5.85. The van der Waals surface area contributed by atoms with Crippen molar-refractivity contribution >= 4 is 23.2 Å². The molecule has 1 aliphatic carbocycles. The molecule has 2 aromatic carbocycles. The van der Waals surface area contributed by atoms with E-state index in [0.717, 1.165) is 39.3 Å². The summed E-state index contributed by atoms with van der Waals surface area (Å²) in [5.74, 6) is -0.534. The van der Waals surface area contributed by atoms with Crippen molar-refractivity contribution in [1.29, 1.82) is 0 Å². The lowest BCUT2D eigenvalue weighted by Gasteiger charge is -2.26. The number of halogens is 1. The SMILES string of the molecule is O=C1c2cccc(OCCCN3CCOCC3)c2C(=O)c2c1ccc(CCl)c2O. The normalized spacial score (nSPS) is 16.4. The number of aromatic hydroxyl groups is 1. The Balaban J connectivity index is 1.55. The monoisotopic (exact) mass is 415 g/mol. The number of hydrogen-bond donors (Lipinski definition) is 1. The van der Waals surface area contributed by atoms with Crippen LogP contribution < -0.4 is 4.74 Å². The highest BCUT2D eigenvalue weighted by molar-refractivity contribution is 6.30. The Morgan fingerprint density at radius 2 is 1.79 bits per heavy atom. The molecule has 0 radical (unpaired) electrons. The van der Waals surface area contributed by atoms with Crippen molar-refractivity contribution < 1.29 is 24.2 Å². The second-order valence-corrected chi connectivity index (χ2v) is 7.39. The lowest BCUT2D eigenvalue weighted by molar-refractivity contribution is 0.0357. The molecule has 0 unspecified atom stereocenters. The van der Waals surface area contributed by atoms with Crippen LogP contribution in [0.3, 0.4) is 0 Å². The highest BCUT2D eigenvalue weighted by Crippen LogP contribution is 2.38. The van der Waals surface area contributed by atoms with E-state index in [0.29, 0.717) is 23.5 Å². The molecule has 2 aromatic rings. The number of phenolic OH excluding ortho intramolecular Hbond substituents is 1. The first kappa shape index (κ1) is 19.9. The fourth-order valence-electron chi connectivity index (χ4n) is 3.80. The highest BCUT2D eigenvalue weighted by Gasteiger charge is 2.35. The summed E-state index contributed by atoms with van der Waals surface area (Å²) in [6, 6.07) is 8.13. The highest BCUT2D eigenvalue weighted by atomic mass is 35.5. The number of carbonyl (C=O) groups excluding carboxylic acids is 2. The predicted molar refractivity (Wildman–Crippen MR) is 108 cm³/mol. The molecular formula is C22H22ClNO5. The van der Waals surface area contributed by atoms with E-state index in [9.17, 15) is 14.7 Å². The molecule has 1 heterocycles. The minimum absolute atomic E-state index is 0.00465. The minimum atomic E-state index is -0.414. The van der Waals surface area contributed by atoms with Gasteiger partial charge in [0.15, 0.2) is 5.78 Å². The topological polar surface area (TPSA) is 76.1 Å². The predicted octanol–water partition coefficient (Wildman–Crippen LogP) is 3.01. The van der Waals surface area contributed by atoms with Gasteiger partial charge in [-0.3, -0.25) is 14.5 Å². The lowest BCUT2D eigenvalue weighted by Crippen LogP contribution is -2.37. The molecule has 0 bridgehead atoms. The Morgan fingerprint density at radius 3 is 2.55 bits per heavy atom. The van der Waals surface area contributed by atoms with Crippen molar-refractivity contribution in [3.8, 4) is 11.5 Å². The largest absolute Gasteiger partial charge is 0.507 e. The number of rotatable bonds is 6. The summed E-state index contributed by atoms with van der Waals surface area (Å²) in [7, 11) is 0. The summed E-state index contributed by atoms with van der Waals surface area (Å²) in [5.41, 5.74) is 1.12. The van der Waals surface area contributed by atoms with Crippen LogP contribution in [0.15, 0.2) is 30.3 Å². The molecule has 1 aliphatic heterocycles. The standard InChI is InChI=1S/C22H22ClNO5/c23-13-14-5-6-16-19(20(14)25)22(27)18-15(21(16)26)3-1-4-17(18)29-10-2-7-24-8-11-28-12-9-24/h1,3-6,25H,2,7-13H2. The van der Waals surface area contributed by atoms with E-state index in [2.05, 4.69) is 4.90 Å². The van der Waals surface area contributed by atoms with Gasteiger partial charge in [0, 0.05) is 36.3 Å². The fourth-order valence-corrected chi connectivity index (χ4v) is 4.02. The molecule has 0 amide bonds. The van der Waals surface area contributed by atoms with Crippen LogP contribution >= 0.6 is 11.6 Å². The minimum Gasteiger partial charge on any atom is -0.507 e. The third-order valence-corrected chi connectivity index (χ3v) is 5.64. The first-order valence-electron chi connectivity index (χ1n) is 9.68. The maximum absolute atomic E-state index is 13.2. The lowest BCUT2D eigenvalue weighted by atomic mass is 9.82. The van der Waals surface area contributed by atoms with Crippen LogP contribution in [0, 0.1) is 0 Å². The molecule has 0 spiro atoms. The zero-order valence-electron chi connectivity index (χ0n) is 15.9. The molecule has 2 aliphatic rings. The van der Waals surface area contributed by atoms with Crippen molar-refractivity contribution in [3.63, 3.8) is 0 Å². The number of ether oxygens (including phenoxy) is 2. The van der Waals surface area contributed by atoms with E-state index in [-0.39, 0.29) is 34.1 Å². The van der Waals surface area contributed by atoms with Gasteiger partial charge in [-0.05, 0) is 18.6 Å². The Labute approximate surface area is 174 Å². The number of alkyl halides is 1. The van der Waals surface area contributed by atoms with Gasteiger partial charge in [0.2, 0.25) is 5.78 Å². The molecule has 29 heavy (non-hydrogen) atoms. The van der Waals surface area contributed by atoms with Gasteiger partial charge in [-0.15, -0.1) is 11.6 Å². The second kappa shape index (κ2) is 8.53. The number of fused-ring (bicyclic) bond motifs is 2. The van der Waals surface area contributed by atoms with Crippen LogP contribution in [0.2, 0.25) is 0 Å². The van der Waals surface area contributed by atoms with E-state index >= 15 is 0 Å². The van der Waals surface area contributed by atoms with E-state index in [4.69, 9.17) is 21.1 Å². The van der Waals surface area contributed by atoms with Gasteiger partial charge < -0.3 is 14.6 Å². The van der Waals surface area contributed by atoms with Crippen LogP contribution in [0.5, 0.6) is 11.5 Å². The van der Waals surface area contributed by atoms with Gasteiger partial charge in [0.05, 0.1) is 36.8 Å². The number of phenols is 1. The summed E-state index contributed by atoms with van der Waals surface area (Å²) in [5, 5.41) is 10.5. The van der Waals surface area contributed by atoms with E-state index in [1.54, 1.807) is 30.3 Å². The molecular weight excluding hydrogens is 394 g/mol. The van der Waals surface area contributed by atoms with Crippen molar-refractivity contribution in [2.24, 2.45) is 0 Å². The molecule has 0 saturated carbocycles. The van der Waals surface area contributed by atoms with E-state index in [1.165, 1.54) is 0 Å². The third kappa shape index (κ3) is 3.75. The molecule has 1 N–H and O–H groups in total. The number of hydrogen-bond acceptors (Lipinski definition) is 6. The Bertz CT molecular complexity index is 952. The Hall–Kier alpha value is -2.41. The summed E-state index contributed by atoms with van der Waals surface area (Å²) < 4.78 is 11.2. The van der Waals surface area contributed by atoms with Crippen molar-refractivity contribution in [1.82, 2.24) is 4.90 Å². The Morgan fingerprint density at radius 1 is 1.03 bits per heavy atom. The summed E-state index contributed by atoms with van der Waals surface area (Å²) >= 11 is 5.85. The molecule has 4 rings (SSSR count). The zero-order valence-corrected chi connectivity index (χ0v) is 16.7. The van der Waals surface area contributed by atoms with Crippen LogP contribution in [0.25, 0.3) is 0 Å². The summed E-state index contributed by atoms with van der Waals surface area (Å²) in [4.78, 5) is 28.4. The fraction of sp³-hybridized carbons (Fsp3) is 0.364. The van der Waals surface area contributed by atoms with Gasteiger partial charge in [-0.1, -0.05) is 18.2 Å². The zero-order chi connectivity index (χ0) is 20.4. The smallest absolute Gasteiger partial charge is 0.201 e. The quantitative estimate of drug-likeness (QED) is 0.492. The average Bonchev–Trinajstić information content (AvgIpc) is 2.75. The summed E-state index contributed by atoms with van der Waals surface area (Å²) in [6.45, 7) is 4.62. The number of carbonyl (C=O) groups is 2. The number of nitrogens with zero attached hydrogens (tertiary/aromatic N) is 1. The number of morpholine rings is 1. The molecule has 6 nitrogen and oxygen atoms in total. The molecule has 1 saturated heterocycles. The van der Waals surface area contributed by atoms with Crippen molar-refractivity contribution in [2.45, 2.75) is 12.3 Å². The van der Waals surface area contributed by atoms with E-state index in [1.807, 2.05) is 0 Å². The van der Waals surface area contributed by atoms with Gasteiger partial charge >= 0.3 is 0 Å². The third-order valence-electron chi connectivity index (χ3n) is 5.36. The van der Waals surface area contributed by atoms with Crippen LogP contribution in [-0.4, -0.2) is 61.0 Å². The first-order valence-corrected chi connectivity index (χ1v) is 10.2.